The number of hydrazone groups is 1. The number of nitrogens with zero attached hydrogens (tertiary/aromatic N) is 3. The molecular formula is C20H11Cl2FN4O3S. The van der Waals surface area contributed by atoms with Gasteiger partial charge in [0.2, 0.25) is 5.13 Å². The Labute approximate surface area is 188 Å². The monoisotopic (exact) mass is 476 g/mol. The molecule has 0 aliphatic heterocycles. The molecule has 2 heterocycles. The summed E-state index contributed by atoms with van der Waals surface area (Å²) in [6.07, 6.45) is 1.46. The number of hydrogen-bond acceptors (Lipinski definition) is 7. The van der Waals surface area contributed by atoms with E-state index < -0.39 is 10.7 Å². The second-order valence-corrected chi connectivity index (χ2v) is 7.83. The van der Waals surface area contributed by atoms with Crippen molar-refractivity contribution in [2.24, 2.45) is 5.10 Å². The van der Waals surface area contributed by atoms with Crippen LogP contribution < -0.4 is 5.43 Å². The number of anilines is 1. The van der Waals surface area contributed by atoms with Gasteiger partial charge in [0.1, 0.15) is 17.3 Å². The first-order valence-electron chi connectivity index (χ1n) is 8.65. The molecule has 2 aromatic carbocycles. The summed E-state index contributed by atoms with van der Waals surface area (Å²) in [4.78, 5) is 14.6. The second-order valence-electron chi connectivity index (χ2n) is 6.16. The largest absolute Gasteiger partial charge is 0.455 e. The van der Waals surface area contributed by atoms with Gasteiger partial charge >= 0.3 is 0 Å². The second kappa shape index (κ2) is 8.84. The Hall–Kier alpha value is -3.27. The van der Waals surface area contributed by atoms with Crippen molar-refractivity contribution in [3.8, 4) is 22.6 Å². The number of nitrogens with one attached hydrogen (secondary N) is 1. The van der Waals surface area contributed by atoms with Gasteiger partial charge in [0.05, 0.1) is 26.9 Å². The molecule has 156 valence electrons. The van der Waals surface area contributed by atoms with Crippen molar-refractivity contribution >= 4 is 51.6 Å². The Kier molecular flexibility index (Phi) is 5.99. The van der Waals surface area contributed by atoms with Crippen molar-refractivity contribution in [1.82, 2.24) is 4.98 Å². The van der Waals surface area contributed by atoms with Gasteiger partial charge in [0.25, 0.3) is 5.69 Å². The van der Waals surface area contributed by atoms with Gasteiger partial charge in [-0.05, 0) is 36.4 Å². The van der Waals surface area contributed by atoms with Crippen LogP contribution in [0.2, 0.25) is 10.0 Å². The van der Waals surface area contributed by atoms with Crippen molar-refractivity contribution in [3.05, 3.63) is 85.6 Å². The van der Waals surface area contributed by atoms with Crippen LogP contribution in [0.25, 0.3) is 22.6 Å². The molecule has 0 saturated heterocycles. The Bertz CT molecular complexity index is 1290. The number of thiazole rings is 1. The van der Waals surface area contributed by atoms with Crippen molar-refractivity contribution in [2.75, 3.05) is 5.43 Å². The van der Waals surface area contributed by atoms with E-state index in [1.165, 1.54) is 41.8 Å². The summed E-state index contributed by atoms with van der Waals surface area (Å²) in [5.74, 6) is 0.441. The van der Waals surface area contributed by atoms with Crippen LogP contribution >= 0.6 is 34.5 Å². The number of non-ortho nitro benzene ring substituents is 1. The molecule has 7 nitrogen and oxygen atoms in total. The molecule has 4 aromatic rings. The molecule has 0 amide bonds. The lowest BCUT2D eigenvalue weighted by atomic mass is 10.1. The first kappa shape index (κ1) is 21.0. The molecule has 0 saturated carbocycles. The average Bonchev–Trinajstić information content (AvgIpc) is 3.41. The van der Waals surface area contributed by atoms with E-state index in [0.717, 1.165) is 0 Å². The van der Waals surface area contributed by atoms with Gasteiger partial charge in [-0.2, -0.15) is 5.10 Å². The highest BCUT2D eigenvalue weighted by Crippen LogP contribution is 2.34. The fourth-order valence-corrected chi connectivity index (χ4v) is 3.78. The van der Waals surface area contributed by atoms with E-state index in [1.54, 1.807) is 29.6 Å². The van der Waals surface area contributed by atoms with Gasteiger partial charge in [0.15, 0.2) is 0 Å². The summed E-state index contributed by atoms with van der Waals surface area (Å²) in [5, 5.41) is 17.2. The minimum absolute atomic E-state index is 0.00624. The number of nitro groups is 1. The molecule has 1 N–H and O–H groups in total. The minimum Gasteiger partial charge on any atom is -0.455 e. The quantitative estimate of drug-likeness (QED) is 0.142. The Morgan fingerprint density at radius 1 is 1.16 bits per heavy atom. The van der Waals surface area contributed by atoms with Crippen LogP contribution in [0.4, 0.5) is 15.2 Å². The predicted molar refractivity (Wildman–Crippen MR) is 120 cm³/mol. The number of furan rings is 1. The first-order valence-corrected chi connectivity index (χ1v) is 10.3. The minimum atomic E-state index is -0.580. The fraction of sp³-hybridized carbons (Fsp3) is 0. The normalized spacial score (nSPS) is 11.2. The summed E-state index contributed by atoms with van der Waals surface area (Å²) in [7, 11) is 0. The third kappa shape index (κ3) is 4.74. The van der Waals surface area contributed by atoms with Crippen LogP contribution in [0, 0.1) is 15.9 Å². The van der Waals surface area contributed by atoms with Gasteiger partial charge in [-0.3, -0.25) is 15.5 Å². The highest BCUT2D eigenvalue weighted by Gasteiger charge is 2.12. The summed E-state index contributed by atoms with van der Waals surface area (Å²) in [6.45, 7) is 0. The van der Waals surface area contributed by atoms with Crippen LogP contribution in [0.1, 0.15) is 5.76 Å². The van der Waals surface area contributed by atoms with Crippen LogP contribution in [0.5, 0.6) is 0 Å². The lowest BCUT2D eigenvalue weighted by Crippen LogP contribution is -1.90. The molecule has 0 fully saturated rings. The van der Waals surface area contributed by atoms with Gasteiger partial charge in [-0.25, -0.2) is 9.37 Å². The average molecular weight is 477 g/mol. The smallest absolute Gasteiger partial charge is 0.269 e. The molecule has 0 unspecified atom stereocenters. The van der Waals surface area contributed by atoms with Crippen LogP contribution in [0.15, 0.2) is 63.4 Å². The zero-order chi connectivity index (χ0) is 22.0. The SMILES string of the molecule is O=[N+]([O-])c1ccc(-c2ccc(/C=N/Nc3nc(-c4cc(F)c(Cl)cc4Cl)cs3)o2)cc1. The van der Waals surface area contributed by atoms with E-state index >= 15 is 0 Å². The molecule has 0 aliphatic rings. The molecular weight excluding hydrogens is 466 g/mol. The molecule has 0 bridgehead atoms. The Balaban J connectivity index is 1.43. The van der Waals surface area contributed by atoms with E-state index in [4.69, 9.17) is 27.6 Å². The predicted octanol–water partition coefficient (Wildman–Crippen LogP) is 6.87. The van der Waals surface area contributed by atoms with Crippen LogP contribution in [-0.4, -0.2) is 16.1 Å². The molecule has 0 radical (unpaired) electrons. The van der Waals surface area contributed by atoms with Crippen molar-refractivity contribution in [2.45, 2.75) is 0 Å². The topological polar surface area (TPSA) is 93.6 Å². The van der Waals surface area contributed by atoms with Gasteiger partial charge < -0.3 is 4.42 Å². The summed E-state index contributed by atoms with van der Waals surface area (Å²) in [6, 6.07) is 12.0. The van der Waals surface area contributed by atoms with Crippen molar-refractivity contribution in [3.63, 3.8) is 0 Å². The lowest BCUT2D eigenvalue weighted by Gasteiger charge is -2.02. The molecule has 11 heteroatoms. The molecule has 31 heavy (non-hydrogen) atoms. The number of rotatable bonds is 6. The lowest BCUT2D eigenvalue weighted by molar-refractivity contribution is -0.384. The van der Waals surface area contributed by atoms with E-state index in [1.807, 2.05) is 0 Å². The van der Waals surface area contributed by atoms with E-state index in [-0.39, 0.29) is 10.7 Å². The fourth-order valence-electron chi connectivity index (χ4n) is 2.64. The van der Waals surface area contributed by atoms with Crippen molar-refractivity contribution < 1.29 is 13.7 Å². The molecule has 4 rings (SSSR count). The zero-order valence-electron chi connectivity index (χ0n) is 15.4. The maximum absolute atomic E-state index is 13.7. The van der Waals surface area contributed by atoms with Gasteiger partial charge in [0, 0.05) is 28.6 Å². The summed E-state index contributed by atoms with van der Waals surface area (Å²) < 4.78 is 19.4. The molecule has 0 aliphatic carbocycles. The number of aromatic nitrogens is 1. The summed E-state index contributed by atoms with van der Waals surface area (Å²) in [5.41, 5.74) is 4.40. The highest BCUT2D eigenvalue weighted by molar-refractivity contribution is 7.14. The molecule has 2 aromatic heterocycles. The van der Waals surface area contributed by atoms with E-state index in [0.29, 0.717) is 38.5 Å². The van der Waals surface area contributed by atoms with E-state index in [9.17, 15) is 14.5 Å². The summed E-state index contributed by atoms with van der Waals surface area (Å²) >= 11 is 13.1. The van der Waals surface area contributed by atoms with Crippen LogP contribution in [0.3, 0.4) is 0 Å². The highest BCUT2D eigenvalue weighted by atomic mass is 35.5. The van der Waals surface area contributed by atoms with Crippen molar-refractivity contribution in [1.29, 1.82) is 0 Å². The standard InChI is InChI=1S/C20H11Cl2FN4O3S/c21-15-8-16(22)17(23)7-14(15)18-10-31-20(25-18)26-24-9-13-5-6-19(30-13)11-1-3-12(4-2-11)27(28)29/h1-10H,(H,25,26)/b24-9+. The number of nitro benzene ring substituents is 1. The third-order valence-electron chi connectivity index (χ3n) is 4.13. The maximum Gasteiger partial charge on any atom is 0.269 e. The van der Waals surface area contributed by atoms with Gasteiger partial charge in [-0.15, -0.1) is 11.3 Å². The maximum atomic E-state index is 13.7. The zero-order valence-corrected chi connectivity index (χ0v) is 17.7. The first-order chi connectivity index (χ1) is 14.9. The number of benzene rings is 2. The van der Waals surface area contributed by atoms with Gasteiger partial charge in [-0.1, -0.05) is 23.2 Å². The number of halogens is 3. The van der Waals surface area contributed by atoms with Crippen LogP contribution in [-0.2, 0) is 0 Å². The Morgan fingerprint density at radius 2 is 1.94 bits per heavy atom. The molecule has 0 atom stereocenters. The molecule has 0 spiro atoms. The number of hydrogen-bond donors (Lipinski definition) is 1. The third-order valence-corrected chi connectivity index (χ3v) is 5.48. The Morgan fingerprint density at radius 3 is 2.68 bits per heavy atom. The van der Waals surface area contributed by atoms with E-state index in [2.05, 4.69) is 15.5 Å².